The fourth-order valence-electron chi connectivity index (χ4n) is 4.36. The predicted molar refractivity (Wildman–Crippen MR) is 106 cm³/mol. The molecule has 148 valence electrons. The van der Waals surface area contributed by atoms with Crippen LogP contribution in [0.3, 0.4) is 0 Å². The van der Waals surface area contributed by atoms with Crippen molar-refractivity contribution in [3.63, 3.8) is 0 Å². The van der Waals surface area contributed by atoms with Gasteiger partial charge in [-0.2, -0.15) is 0 Å². The van der Waals surface area contributed by atoms with Gasteiger partial charge in [0.15, 0.2) is 17.3 Å². The van der Waals surface area contributed by atoms with E-state index in [1.54, 1.807) is 12.1 Å². The van der Waals surface area contributed by atoms with E-state index in [4.69, 9.17) is 9.72 Å². The monoisotopic (exact) mass is 383 g/mol. The van der Waals surface area contributed by atoms with Gasteiger partial charge in [-0.1, -0.05) is 6.07 Å². The van der Waals surface area contributed by atoms with Crippen molar-refractivity contribution in [3.05, 3.63) is 47.5 Å². The number of rotatable bonds is 4. The summed E-state index contributed by atoms with van der Waals surface area (Å²) in [7, 11) is 2.05. The van der Waals surface area contributed by atoms with Gasteiger partial charge in [0.25, 0.3) is 0 Å². The van der Waals surface area contributed by atoms with Gasteiger partial charge in [0.2, 0.25) is 0 Å². The molecule has 3 heterocycles. The summed E-state index contributed by atoms with van der Waals surface area (Å²) < 4.78 is 19.3. The predicted octanol–water partition coefficient (Wildman–Crippen LogP) is 3.27. The van der Waals surface area contributed by atoms with E-state index in [-0.39, 0.29) is 23.4 Å². The number of ketones is 1. The quantitative estimate of drug-likeness (QED) is 0.878. The number of ether oxygens (including phenoxy) is 1. The van der Waals surface area contributed by atoms with E-state index in [1.165, 1.54) is 6.07 Å². The van der Waals surface area contributed by atoms with Crippen LogP contribution < -0.4 is 10.1 Å². The van der Waals surface area contributed by atoms with Crippen molar-refractivity contribution in [3.8, 4) is 16.9 Å². The molecule has 1 N–H and O–H groups in total. The number of halogens is 1. The van der Waals surface area contributed by atoms with Crippen molar-refractivity contribution >= 4 is 5.78 Å². The first kappa shape index (κ1) is 19.0. The lowest BCUT2D eigenvalue weighted by atomic mass is 9.95. The van der Waals surface area contributed by atoms with Crippen LogP contribution in [0.5, 0.6) is 5.75 Å². The minimum absolute atomic E-state index is 0.0931. The lowest BCUT2D eigenvalue weighted by molar-refractivity contribution is -0.122. The molecule has 1 spiro atoms. The van der Waals surface area contributed by atoms with Crippen LogP contribution in [0, 0.1) is 12.7 Å². The smallest absolute Gasteiger partial charge is 0.165 e. The van der Waals surface area contributed by atoms with Gasteiger partial charge >= 0.3 is 0 Å². The number of hydrogen-bond donors (Lipinski definition) is 1. The molecule has 2 fully saturated rings. The molecule has 2 aromatic rings. The number of likely N-dealkylation sites (tertiary alicyclic amines) is 1. The van der Waals surface area contributed by atoms with E-state index >= 15 is 0 Å². The molecule has 5 nitrogen and oxygen atoms in total. The second kappa shape index (κ2) is 7.26. The number of benzene rings is 1. The number of aryl methyl sites for hydroxylation is 1. The van der Waals surface area contributed by atoms with Gasteiger partial charge in [-0.3, -0.25) is 15.1 Å². The zero-order chi connectivity index (χ0) is 19.9. The van der Waals surface area contributed by atoms with E-state index in [2.05, 4.69) is 10.2 Å². The topological polar surface area (TPSA) is 54.5 Å². The van der Waals surface area contributed by atoms with Crippen molar-refractivity contribution in [2.45, 2.75) is 38.3 Å². The summed E-state index contributed by atoms with van der Waals surface area (Å²) in [6.45, 7) is 5.85. The van der Waals surface area contributed by atoms with Gasteiger partial charge < -0.3 is 9.64 Å². The molecule has 2 aliphatic rings. The molecule has 6 heteroatoms. The molecule has 0 saturated carbocycles. The van der Waals surface area contributed by atoms with Gasteiger partial charge in [0.05, 0.1) is 23.9 Å². The van der Waals surface area contributed by atoms with Crippen LogP contribution in [0.1, 0.15) is 37.2 Å². The highest BCUT2D eigenvalue weighted by Gasteiger charge is 2.50. The standard InChI is InChI=1S/C22H26FN3O2/c1-4-28-20-11-15(5-6-17(20)23)16-9-14(2)24-18(10-16)19-12-21(27)22(25-19)7-8-26(3)13-22/h5-6,9-11,19,25H,4,7-8,12-13H2,1-3H3/t19-,22+/m1/s1. The van der Waals surface area contributed by atoms with E-state index in [0.29, 0.717) is 13.0 Å². The Bertz CT molecular complexity index is 917. The number of pyridine rings is 1. The fourth-order valence-corrected chi connectivity index (χ4v) is 4.36. The minimum atomic E-state index is -0.441. The van der Waals surface area contributed by atoms with Gasteiger partial charge in [-0.05, 0) is 62.7 Å². The van der Waals surface area contributed by atoms with Crippen LogP contribution in [0.4, 0.5) is 4.39 Å². The Hall–Kier alpha value is -2.31. The van der Waals surface area contributed by atoms with Crippen LogP contribution in [0.15, 0.2) is 30.3 Å². The summed E-state index contributed by atoms with van der Waals surface area (Å²) in [6, 6.07) is 8.77. The van der Waals surface area contributed by atoms with Gasteiger partial charge in [0, 0.05) is 25.2 Å². The highest BCUT2D eigenvalue weighted by molar-refractivity contribution is 5.92. The Balaban J connectivity index is 1.65. The van der Waals surface area contributed by atoms with Crippen LogP contribution in [-0.4, -0.2) is 48.0 Å². The van der Waals surface area contributed by atoms with Gasteiger partial charge in [0.1, 0.15) is 0 Å². The summed E-state index contributed by atoms with van der Waals surface area (Å²) in [5.41, 5.74) is 3.10. The zero-order valence-corrected chi connectivity index (χ0v) is 16.6. The van der Waals surface area contributed by atoms with Crippen molar-refractivity contribution in [2.24, 2.45) is 0 Å². The Morgan fingerprint density at radius 2 is 2.14 bits per heavy atom. The fraction of sp³-hybridized carbons (Fsp3) is 0.455. The van der Waals surface area contributed by atoms with Crippen LogP contribution >= 0.6 is 0 Å². The first-order valence-corrected chi connectivity index (χ1v) is 9.81. The Morgan fingerprint density at radius 3 is 2.86 bits per heavy atom. The van der Waals surface area contributed by atoms with Gasteiger partial charge in [-0.15, -0.1) is 0 Å². The molecule has 2 aliphatic heterocycles. The van der Waals surface area contributed by atoms with Crippen LogP contribution in [0.2, 0.25) is 0 Å². The maximum atomic E-state index is 13.9. The highest BCUT2D eigenvalue weighted by atomic mass is 19.1. The number of carbonyl (C=O) groups excluding carboxylic acids is 1. The minimum Gasteiger partial charge on any atom is -0.491 e. The number of hydrogen-bond acceptors (Lipinski definition) is 5. The van der Waals surface area contributed by atoms with E-state index in [0.717, 1.165) is 42.0 Å². The largest absolute Gasteiger partial charge is 0.491 e. The van der Waals surface area contributed by atoms with Crippen LogP contribution in [0.25, 0.3) is 11.1 Å². The molecular formula is C22H26FN3O2. The lowest BCUT2D eigenvalue weighted by Gasteiger charge is -2.23. The number of carbonyl (C=O) groups is 1. The summed E-state index contributed by atoms with van der Waals surface area (Å²) in [4.78, 5) is 19.6. The number of likely N-dealkylation sites (N-methyl/N-ethyl adjacent to an activating group) is 1. The van der Waals surface area contributed by atoms with E-state index in [1.807, 2.05) is 33.0 Å². The second-order valence-corrected chi connectivity index (χ2v) is 7.89. The third kappa shape index (κ3) is 3.42. The highest BCUT2D eigenvalue weighted by Crippen LogP contribution is 2.36. The number of nitrogens with one attached hydrogen (secondary N) is 1. The summed E-state index contributed by atoms with van der Waals surface area (Å²) in [5.74, 6) is 0.150. The van der Waals surface area contributed by atoms with Gasteiger partial charge in [-0.25, -0.2) is 4.39 Å². The maximum absolute atomic E-state index is 13.9. The van der Waals surface area contributed by atoms with E-state index < -0.39 is 5.54 Å². The molecule has 0 bridgehead atoms. The van der Waals surface area contributed by atoms with Crippen molar-refractivity contribution < 1.29 is 13.9 Å². The van der Waals surface area contributed by atoms with Crippen molar-refractivity contribution in [2.75, 3.05) is 26.7 Å². The summed E-state index contributed by atoms with van der Waals surface area (Å²) >= 11 is 0. The molecule has 0 amide bonds. The zero-order valence-electron chi connectivity index (χ0n) is 16.6. The molecule has 28 heavy (non-hydrogen) atoms. The molecule has 4 rings (SSSR count). The lowest BCUT2D eigenvalue weighted by Crippen LogP contribution is -2.47. The third-order valence-corrected chi connectivity index (χ3v) is 5.73. The Morgan fingerprint density at radius 1 is 1.32 bits per heavy atom. The molecule has 2 saturated heterocycles. The molecule has 0 unspecified atom stereocenters. The average Bonchev–Trinajstić information content (AvgIpc) is 3.19. The van der Waals surface area contributed by atoms with Crippen LogP contribution in [-0.2, 0) is 4.79 Å². The number of Topliss-reactive ketones (excluding diaryl/α,β-unsaturated/α-hetero) is 1. The van der Waals surface area contributed by atoms with Crippen molar-refractivity contribution in [1.29, 1.82) is 0 Å². The summed E-state index contributed by atoms with van der Waals surface area (Å²) in [6.07, 6.45) is 1.30. The average molecular weight is 383 g/mol. The summed E-state index contributed by atoms with van der Waals surface area (Å²) in [5, 5.41) is 3.57. The normalized spacial score (nSPS) is 25.0. The second-order valence-electron chi connectivity index (χ2n) is 7.89. The van der Waals surface area contributed by atoms with E-state index in [9.17, 15) is 9.18 Å². The van der Waals surface area contributed by atoms with Crippen molar-refractivity contribution in [1.82, 2.24) is 15.2 Å². The molecule has 0 aliphatic carbocycles. The first-order valence-electron chi connectivity index (χ1n) is 9.81. The first-order chi connectivity index (χ1) is 13.4. The number of nitrogens with zero attached hydrogens (tertiary/aromatic N) is 2. The third-order valence-electron chi connectivity index (χ3n) is 5.73. The molecule has 2 atom stereocenters. The number of aromatic nitrogens is 1. The molecule has 1 aromatic heterocycles. The molecular weight excluding hydrogens is 357 g/mol. The SMILES string of the molecule is CCOc1cc(-c2cc(C)nc([C@H]3CC(=O)[C@@]4(CCN(C)C4)N3)c2)ccc1F. The molecule has 1 aromatic carbocycles. The molecule has 0 radical (unpaired) electrons. The maximum Gasteiger partial charge on any atom is 0.165 e. The Labute approximate surface area is 164 Å². The Kier molecular flexibility index (Phi) is 4.93.